The van der Waals surface area contributed by atoms with Crippen LogP contribution in [0.4, 0.5) is 8.78 Å². The van der Waals surface area contributed by atoms with Crippen LogP contribution in [0.5, 0.6) is 5.88 Å². The molecular formula is C8H6BrF2NO3. The summed E-state index contributed by atoms with van der Waals surface area (Å²) in [5, 5.41) is 8.36. The Kier molecular flexibility index (Phi) is 3.23. The van der Waals surface area contributed by atoms with Crippen molar-refractivity contribution in [3.63, 3.8) is 0 Å². The second-order valence-corrected chi connectivity index (χ2v) is 3.51. The summed E-state index contributed by atoms with van der Waals surface area (Å²) in [6.45, 7) is 0. The molecule has 0 atom stereocenters. The van der Waals surface area contributed by atoms with Crippen LogP contribution in [-0.2, 0) is 10.7 Å². The van der Waals surface area contributed by atoms with Gasteiger partial charge in [0, 0.05) is 10.7 Å². The van der Waals surface area contributed by atoms with Gasteiger partial charge in [-0.2, -0.15) is 8.78 Å². The number of carboxylic acid groups (broad SMARTS) is 1. The van der Waals surface area contributed by atoms with Gasteiger partial charge >= 0.3 is 11.9 Å². The fraction of sp³-hybridized carbons (Fsp3) is 0.250. The van der Waals surface area contributed by atoms with Crippen LogP contribution in [0.2, 0.25) is 0 Å². The Morgan fingerprint density at radius 1 is 1.67 bits per heavy atom. The minimum absolute atomic E-state index is 0.249. The molecule has 0 aliphatic rings. The van der Waals surface area contributed by atoms with E-state index in [1.54, 1.807) is 0 Å². The SMILES string of the molecule is COc1ncc(Br)cc1C(F)(F)C(=O)O. The smallest absolute Gasteiger partial charge is 0.379 e. The van der Waals surface area contributed by atoms with E-state index in [2.05, 4.69) is 25.7 Å². The third kappa shape index (κ3) is 2.23. The number of pyridine rings is 1. The van der Waals surface area contributed by atoms with Crippen LogP contribution >= 0.6 is 15.9 Å². The van der Waals surface area contributed by atoms with Crippen molar-refractivity contribution in [1.82, 2.24) is 4.98 Å². The van der Waals surface area contributed by atoms with Gasteiger partial charge in [-0.05, 0) is 22.0 Å². The Morgan fingerprint density at radius 3 is 2.73 bits per heavy atom. The molecule has 1 rings (SSSR count). The highest BCUT2D eigenvalue weighted by Crippen LogP contribution is 2.35. The van der Waals surface area contributed by atoms with Gasteiger partial charge in [-0.25, -0.2) is 9.78 Å². The third-order valence-electron chi connectivity index (χ3n) is 1.62. The molecule has 82 valence electrons. The van der Waals surface area contributed by atoms with Gasteiger partial charge < -0.3 is 9.84 Å². The molecule has 0 spiro atoms. The number of aliphatic carboxylic acids is 1. The highest BCUT2D eigenvalue weighted by atomic mass is 79.9. The van der Waals surface area contributed by atoms with E-state index < -0.39 is 23.3 Å². The first-order chi connectivity index (χ1) is 6.89. The maximum absolute atomic E-state index is 13.2. The molecule has 0 aromatic carbocycles. The van der Waals surface area contributed by atoms with Crippen molar-refractivity contribution in [2.45, 2.75) is 5.92 Å². The Morgan fingerprint density at radius 2 is 2.27 bits per heavy atom. The minimum Gasteiger partial charge on any atom is -0.481 e. The number of carboxylic acids is 1. The van der Waals surface area contributed by atoms with Gasteiger partial charge in [0.05, 0.1) is 12.7 Å². The molecule has 4 nitrogen and oxygen atoms in total. The van der Waals surface area contributed by atoms with Crippen LogP contribution < -0.4 is 4.74 Å². The molecule has 1 aromatic rings. The van der Waals surface area contributed by atoms with E-state index in [1.165, 1.54) is 6.20 Å². The Hall–Kier alpha value is -1.24. The first-order valence-electron chi connectivity index (χ1n) is 3.70. The van der Waals surface area contributed by atoms with E-state index in [0.717, 1.165) is 13.2 Å². The fourth-order valence-electron chi connectivity index (χ4n) is 0.930. The zero-order valence-electron chi connectivity index (χ0n) is 7.50. The number of aromatic nitrogens is 1. The number of nitrogens with zero attached hydrogens (tertiary/aromatic N) is 1. The summed E-state index contributed by atoms with van der Waals surface area (Å²) in [5.74, 6) is -6.69. The van der Waals surface area contributed by atoms with Gasteiger partial charge in [0.15, 0.2) is 0 Å². The van der Waals surface area contributed by atoms with E-state index in [4.69, 9.17) is 5.11 Å². The van der Waals surface area contributed by atoms with Crippen molar-refractivity contribution in [2.24, 2.45) is 0 Å². The second kappa shape index (κ2) is 4.09. The molecule has 0 aliphatic carbocycles. The van der Waals surface area contributed by atoms with Crippen molar-refractivity contribution in [1.29, 1.82) is 0 Å². The number of ether oxygens (including phenoxy) is 1. The summed E-state index contributed by atoms with van der Waals surface area (Å²) in [6, 6.07) is 0.958. The number of hydrogen-bond donors (Lipinski definition) is 1. The molecule has 1 N–H and O–H groups in total. The Labute approximate surface area is 92.0 Å². The van der Waals surface area contributed by atoms with Crippen molar-refractivity contribution in [2.75, 3.05) is 7.11 Å². The molecular weight excluding hydrogens is 276 g/mol. The second-order valence-electron chi connectivity index (χ2n) is 2.59. The zero-order chi connectivity index (χ0) is 11.6. The fourth-order valence-corrected chi connectivity index (χ4v) is 1.26. The minimum atomic E-state index is -4.03. The molecule has 0 bridgehead atoms. The monoisotopic (exact) mass is 281 g/mol. The molecule has 15 heavy (non-hydrogen) atoms. The molecule has 0 radical (unpaired) electrons. The summed E-state index contributed by atoms with van der Waals surface area (Å²) in [5.41, 5.74) is -0.785. The molecule has 0 amide bonds. The van der Waals surface area contributed by atoms with Gasteiger partial charge in [-0.15, -0.1) is 0 Å². The molecule has 7 heteroatoms. The van der Waals surface area contributed by atoms with Crippen LogP contribution in [0, 0.1) is 0 Å². The predicted molar refractivity (Wildman–Crippen MR) is 50.0 cm³/mol. The lowest BCUT2D eigenvalue weighted by atomic mass is 10.1. The van der Waals surface area contributed by atoms with Crippen molar-refractivity contribution >= 4 is 21.9 Å². The average molecular weight is 282 g/mol. The van der Waals surface area contributed by atoms with Gasteiger partial charge in [-0.1, -0.05) is 0 Å². The summed E-state index contributed by atoms with van der Waals surface area (Å²) in [7, 11) is 1.14. The van der Waals surface area contributed by atoms with Gasteiger partial charge in [0.2, 0.25) is 5.88 Å². The van der Waals surface area contributed by atoms with Crippen molar-refractivity contribution in [3.8, 4) is 5.88 Å². The summed E-state index contributed by atoms with van der Waals surface area (Å²) in [6.07, 6.45) is 1.24. The average Bonchev–Trinajstić information content (AvgIpc) is 2.17. The van der Waals surface area contributed by atoms with E-state index >= 15 is 0 Å². The van der Waals surface area contributed by atoms with E-state index in [0.29, 0.717) is 0 Å². The summed E-state index contributed by atoms with van der Waals surface area (Å²) < 4.78 is 31.1. The lowest BCUT2D eigenvalue weighted by Gasteiger charge is -2.14. The van der Waals surface area contributed by atoms with E-state index in [-0.39, 0.29) is 4.47 Å². The van der Waals surface area contributed by atoms with E-state index in [1.807, 2.05) is 0 Å². The highest BCUT2D eigenvalue weighted by Gasteiger charge is 2.44. The number of rotatable bonds is 3. The largest absolute Gasteiger partial charge is 0.481 e. The molecule has 1 heterocycles. The van der Waals surface area contributed by atoms with Crippen LogP contribution in [0.15, 0.2) is 16.7 Å². The lowest BCUT2D eigenvalue weighted by molar-refractivity contribution is -0.166. The number of alkyl halides is 2. The van der Waals surface area contributed by atoms with Crippen LogP contribution in [0.1, 0.15) is 5.56 Å². The first kappa shape index (κ1) is 11.8. The van der Waals surface area contributed by atoms with Crippen LogP contribution in [0.3, 0.4) is 0 Å². The van der Waals surface area contributed by atoms with Crippen molar-refractivity contribution < 1.29 is 23.4 Å². The quantitative estimate of drug-likeness (QED) is 0.921. The number of halogens is 3. The normalized spacial score (nSPS) is 11.2. The summed E-state index contributed by atoms with van der Waals surface area (Å²) >= 11 is 2.92. The van der Waals surface area contributed by atoms with Gasteiger partial charge in [0.25, 0.3) is 0 Å². The third-order valence-corrected chi connectivity index (χ3v) is 2.05. The first-order valence-corrected chi connectivity index (χ1v) is 4.50. The standard InChI is InChI=1S/C8H6BrF2NO3/c1-15-6-5(2-4(9)3-12-6)8(10,11)7(13)14/h2-3H,1H3,(H,13,14). The Bertz CT molecular complexity index is 397. The number of carbonyl (C=O) groups is 1. The zero-order valence-corrected chi connectivity index (χ0v) is 9.09. The number of hydrogen-bond acceptors (Lipinski definition) is 3. The molecule has 0 saturated carbocycles. The van der Waals surface area contributed by atoms with Crippen molar-refractivity contribution in [3.05, 3.63) is 22.3 Å². The predicted octanol–water partition coefficient (Wildman–Crippen LogP) is 2.03. The molecule has 0 saturated heterocycles. The maximum Gasteiger partial charge on any atom is 0.379 e. The molecule has 0 aliphatic heterocycles. The van der Waals surface area contributed by atoms with Gasteiger partial charge in [-0.3, -0.25) is 0 Å². The topological polar surface area (TPSA) is 59.4 Å². The highest BCUT2D eigenvalue weighted by molar-refractivity contribution is 9.10. The molecule has 1 aromatic heterocycles. The van der Waals surface area contributed by atoms with E-state index in [9.17, 15) is 13.6 Å². The lowest BCUT2D eigenvalue weighted by Crippen LogP contribution is -2.26. The Balaban J connectivity index is 3.34. The molecule has 0 unspecified atom stereocenters. The molecule has 0 fully saturated rings. The van der Waals surface area contributed by atoms with Crippen LogP contribution in [0.25, 0.3) is 0 Å². The maximum atomic E-state index is 13.2. The van der Waals surface area contributed by atoms with Crippen LogP contribution in [-0.4, -0.2) is 23.2 Å². The number of methoxy groups -OCH3 is 1. The summed E-state index contributed by atoms with van der Waals surface area (Å²) in [4.78, 5) is 13.9. The van der Waals surface area contributed by atoms with Gasteiger partial charge in [0.1, 0.15) is 0 Å².